The fourth-order valence-electron chi connectivity index (χ4n) is 1.20. The Morgan fingerprint density at radius 3 is 3.00 bits per heavy atom. The Bertz CT molecular complexity index is 416. The van der Waals surface area contributed by atoms with Crippen molar-refractivity contribution in [2.24, 2.45) is 0 Å². The molecular weight excluding hydrogens is 222 g/mol. The first-order valence-corrected chi connectivity index (χ1v) is 6.77. The van der Waals surface area contributed by atoms with Crippen molar-refractivity contribution in [1.29, 1.82) is 0 Å². The van der Waals surface area contributed by atoms with E-state index in [0.29, 0.717) is 5.13 Å². The standard InChI is InChI=1S/C7H11N3O2S2/c1-2-14(11,12)10-7-9-5-3-8-4-6(5)13-7/h8H,2-4H2,1H3,(H,9,10). The third-order valence-electron chi connectivity index (χ3n) is 1.98. The smallest absolute Gasteiger partial charge is 0.234 e. The predicted molar refractivity (Wildman–Crippen MR) is 55.7 cm³/mol. The van der Waals surface area contributed by atoms with E-state index in [-0.39, 0.29) is 5.75 Å². The maximum atomic E-state index is 11.2. The molecule has 0 fully saturated rings. The van der Waals surface area contributed by atoms with Gasteiger partial charge in [0.05, 0.1) is 11.4 Å². The molecule has 14 heavy (non-hydrogen) atoms. The van der Waals surface area contributed by atoms with E-state index < -0.39 is 10.0 Å². The summed E-state index contributed by atoms with van der Waals surface area (Å²) in [7, 11) is -3.18. The molecule has 78 valence electrons. The molecule has 1 aliphatic rings. The molecule has 1 aromatic heterocycles. The molecule has 0 aromatic carbocycles. The molecule has 0 atom stereocenters. The maximum absolute atomic E-state index is 11.2. The molecule has 7 heteroatoms. The second-order valence-electron chi connectivity index (χ2n) is 3.00. The van der Waals surface area contributed by atoms with Gasteiger partial charge in [-0.3, -0.25) is 4.72 Å². The Kier molecular flexibility index (Phi) is 2.46. The van der Waals surface area contributed by atoms with Gasteiger partial charge >= 0.3 is 0 Å². The van der Waals surface area contributed by atoms with Crippen molar-refractivity contribution in [1.82, 2.24) is 10.3 Å². The summed E-state index contributed by atoms with van der Waals surface area (Å²) in [5.41, 5.74) is 0.962. The number of thiazole rings is 1. The summed E-state index contributed by atoms with van der Waals surface area (Å²) >= 11 is 1.40. The second kappa shape index (κ2) is 3.48. The Hall–Kier alpha value is -0.660. The number of sulfonamides is 1. The first-order valence-electron chi connectivity index (χ1n) is 4.30. The molecule has 0 aliphatic carbocycles. The molecule has 0 radical (unpaired) electrons. The zero-order chi connectivity index (χ0) is 10.2. The minimum Gasteiger partial charge on any atom is -0.306 e. The minimum atomic E-state index is -3.18. The molecule has 5 nitrogen and oxygen atoms in total. The molecule has 0 amide bonds. The third kappa shape index (κ3) is 1.89. The average Bonchev–Trinajstić information content (AvgIpc) is 2.63. The van der Waals surface area contributed by atoms with E-state index in [1.165, 1.54) is 11.3 Å². The van der Waals surface area contributed by atoms with Crippen LogP contribution in [0, 0.1) is 0 Å². The van der Waals surface area contributed by atoms with E-state index in [0.717, 1.165) is 23.7 Å². The fourth-order valence-corrected chi connectivity index (χ4v) is 3.01. The highest BCUT2D eigenvalue weighted by molar-refractivity contribution is 7.92. The fraction of sp³-hybridized carbons (Fsp3) is 0.571. The van der Waals surface area contributed by atoms with Gasteiger partial charge in [0.1, 0.15) is 0 Å². The van der Waals surface area contributed by atoms with Crippen LogP contribution in [0.2, 0.25) is 0 Å². The molecule has 1 aliphatic heterocycles. The normalized spacial score (nSPS) is 15.5. The lowest BCUT2D eigenvalue weighted by molar-refractivity contribution is 0.602. The number of nitrogens with zero attached hydrogens (tertiary/aromatic N) is 1. The summed E-state index contributed by atoms with van der Waals surface area (Å²) < 4.78 is 24.9. The van der Waals surface area contributed by atoms with Crippen LogP contribution in [0.4, 0.5) is 5.13 Å². The van der Waals surface area contributed by atoms with Crippen LogP contribution >= 0.6 is 11.3 Å². The molecule has 0 bridgehead atoms. The van der Waals surface area contributed by atoms with Crippen molar-refractivity contribution in [3.63, 3.8) is 0 Å². The number of aromatic nitrogens is 1. The van der Waals surface area contributed by atoms with E-state index in [4.69, 9.17) is 0 Å². The molecule has 2 heterocycles. The number of rotatable bonds is 3. The van der Waals surface area contributed by atoms with Crippen molar-refractivity contribution in [2.75, 3.05) is 10.5 Å². The van der Waals surface area contributed by atoms with Crippen molar-refractivity contribution in [2.45, 2.75) is 20.0 Å². The molecular formula is C7H11N3O2S2. The van der Waals surface area contributed by atoms with Crippen LogP contribution in [-0.2, 0) is 23.1 Å². The van der Waals surface area contributed by atoms with Crippen LogP contribution < -0.4 is 10.0 Å². The molecule has 0 saturated heterocycles. The quantitative estimate of drug-likeness (QED) is 0.798. The third-order valence-corrected chi connectivity index (χ3v) is 4.39. The lowest BCUT2D eigenvalue weighted by atomic mass is 10.4. The summed E-state index contributed by atoms with van der Waals surface area (Å²) in [6.45, 7) is 3.13. The van der Waals surface area contributed by atoms with Gasteiger partial charge in [0.25, 0.3) is 0 Å². The number of hydrogen-bond donors (Lipinski definition) is 2. The summed E-state index contributed by atoms with van der Waals surface area (Å²) in [5, 5.41) is 3.63. The Morgan fingerprint density at radius 1 is 1.57 bits per heavy atom. The monoisotopic (exact) mass is 233 g/mol. The van der Waals surface area contributed by atoms with Crippen molar-refractivity contribution < 1.29 is 8.42 Å². The summed E-state index contributed by atoms with van der Waals surface area (Å²) in [6, 6.07) is 0. The van der Waals surface area contributed by atoms with Crippen LogP contribution in [0.25, 0.3) is 0 Å². The maximum Gasteiger partial charge on any atom is 0.234 e. The Morgan fingerprint density at radius 2 is 2.36 bits per heavy atom. The number of nitrogens with one attached hydrogen (secondary N) is 2. The first-order chi connectivity index (χ1) is 6.61. The number of fused-ring (bicyclic) bond motifs is 1. The highest BCUT2D eigenvalue weighted by atomic mass is 32.2. The van der Waals surface area contributed by atoms with Gasteiger partial charge in [-0.15, -0.1) is 0 Å². The lowest BCUT2D eigenvalue weighted by Crippen LogP contribution is -2.14. The van der Waals surface area contributed by atoms with Crippen LogP contribution in [0.15, 0.2) is 0 Å². The highest BCUT2D eigenvalue weighted by Crippen LogP contribution is 2.26. The molecule has 0 spiro atoms. The minimum absolute atomic E-state index is 0.0789. The zero-order valence-electron chi connectivity index (χ0n) is 7.70. The molecule has 1 aromatic rings. The number of anilines is 1. The van der Waals surface area contributed by atoms with Crippen LogP contribution in [0.5, 0.6) is 0 Å². The molecule has 2 rings (SSSR count). The molecule has 0 unspecified atom stereocenters. The largest absolute Gasteiger partial charge is 0.306 e. The lowest BCUT2D eigenvalue weighted by Gasteiger charge is -2.00. The van der Waals surface area contributed by atoms with Gasteiger partial charge in [-0.1, -0.05) is 11.3 Å². The molecule has 0 saturated carbocycles. The molecule has 2 N–H and O–H groups in total. The Labute approximate surface area is 86.6 Å². The SMILES string of the molecule is CCS(=O)(=O)Nc1nc2c(s1)CNC2. The van der Waals surface area contributed by atoms with Crippen molar-refractivity contribution in [3.05, 3.63) is 10.6 Å². The van der Waals surface area contributed by atoms with E-state index in [9.17, 15) is 8.42 Å². The average molecular weight is 233 g/mol. The zero-order valence-corrected chi connectivity index (χ0v) is 9.33. The van der Waals surface area contributed by atoms with Gasteiger partial charge in [0, 0.05) is 18.0 Å². The van der Waals surface area contributed by atoms with Crippen LogP contribution in [-0.4, -0.2) is 19.2 Å². The summed E-state index contributed by atoms with van der Waals surface area (Å²) in [5.74, 6) is 0.0789. The van der Waals surface area contributed by atoms with Crippen LogP contribution in [0.1, 0.15) is 17.5 Å². The number of hydrogen-bond acceptors (Lipinski definition) is 5. The van der Waals surface area contributed by atoms with E-state index >= 15 is 0 Å². The van der Waals surface area contributed by atoms with Crippen LogP contribution in [0.3, 0.4) is 0 Å². The van der Waals surface area contributed by atoms with Gasteiger partial charge < -0.3 is 5.32 Å². The van der Waals surface area contributed by atoms with Gasteiger partial charge in [-0.05, 0) is 6.92 Å². The van der Waals surface area contributed by atoms with Gasteiger partial charge in [0.2, 0.25) is 10.0 Å². The summed E-state index contributed by atoms with van der Waals surface area (Å²) in [6.07, 6.45) is 0. The topological polar surface area (TPSA) is 71.1 Å². The first kappa shape index (κ1) is 9.88. The second-order valence-corrected chi connectivity index (χ2v) is 6.09. The predicted octanol–water partition coefficient (Wildman–Crippen LogP) is 0.508. The summed E-state index contributed by atoms with van der Waals surface area (Å²) in [4.78, 5) is 5.31. The van der Waals surface area contributed by atoms with Crippen molar-refractivity contribution in [3.8, 4) is 0 Å². The van der Waals surface area contributed by atoms with Gasteiger partial charge in [0.15, 0.2) is 5.13 Å². The highest BCUT2D eigenvalue weighted by Gasteiger charge is 2.18. The van der Waals surface area contributed by atoms with E-state index in [1.807, 2.05) is 0 Å². The van der Waals surface area contributed by atoms with E-state index in [1.54, 1.807) is 6.92 Å². The van der Waals surface area contributed by atoms with E-state index in [2.05, 4.69) is 15.0 Å². The van der Waals surface area contributed by atoms with Crippen molar-refractivity contribution >= 4 is 26.5 Å². The van der Waals surface area contributed by atoms with Gasteiger partial charge in [-0.25, -0.2) is 13.4 Å². The van der Waals surface area contributed by atoms with Gasteiger partial charge in [-0.2, -0.15) is 0 Å². The Balaban J connectivity index is 2.19.